The molecule has 3 rings (SSSR count). The molecule has 6 heteroatoms. The highest BCUT2D eigenvalue weighted by Gasteiger charge is 2.14. The SMILES string of the molecule is CCn1c(Cc2nc(N)c(Cl)cc2Cl)nc2ccccc21. The smallest absolute Gasteiger partial charge is 0.142 e. The van der Waals surface area contributed by atoms with Gasteiger partial charge in [0.25, 0.3) is 0 Å². The van der Waals surface area contributed by atoms with Crippen LogP contribution in [0.25, 0.3) is 11.0 Å². The summed E-state index contributed by atoms with van der Waals surface area (Å²) in [5, 5.41) is 0.872. The molecule has 108 valence electrons. The fourth-order valence-corrected chi connectivity index (χ4v) is 2.83. The minimum absolute atomic E-state index is 0.287. The van der Waals surface area contributed by atoms with Crippen molar-refractivity contribution in [1.29, 1.82) is 0 Å². The minimum atomic E-state index is 0.287. The number of halogens is 2. The first-order valence-corrected chi connectivity index (χ1v) is 7.40. The maximum Gasteiger partial charge on any atom is 0.142 e. The number of aryl methyl sites for hydroxylation is 1. The molecule has 0 atom stereocenters. The number of hydrogen-bond donors (Lipinski definition) is 1. The van der Waals surface area contributed by atoms with Gasteiger partial charge >= 0.3 is 0 Å². The van der Waals surface area contributed by atoms with E-state index < -0.39 is 0 Å². The van der Waals surface area contributed by atoms with Crippen molar-refractivity contribution >= 4 is 40.1 Å². The Bertz CT molecular complexity index is 811. The van der Waals surface area contributed by atoms with Gasteiger partial charge < -0.3 is 10.3 Å². The first-order valence-electron chi connectivity index (χ1n) is 6.64. The molecule has 0 saturated heterocycles. The first kappa shape index (κ1) is 14.2. The van der Waals surface area contributed by atoms with E-state index in [2.05, 4.69) is 27.5 Å². The fourth-order valence-electron chi connectivity index (χ4n) is 2.41. The molecule has 0 fully saturated rings. The van der Waals surface area contributed by atoms with E-state index in [9.17, 15) is 0 Å². The van der Waals surface area contributed by atoms with E-state index in [1.54, 1.807) is 6.07 Å². The van der Waals surface area contributed by atoms with Crippen LogP contribution in [0.3, 0.4) is 0 Å². The van der Waals surface area contributed by atoms with Crippen LogP contribution in [0, 0.1) is 0 Å². The largest absolute Gasteiger partial charge is 0.382 e. The number of nitrogens with zero attached hydrogens (tertiary/aromatic N) is 3. The summed E-state index contributed by atoms with van der Waals surface area (Å²) in [4.78, 5) is 8.94. The third kappa shape index (κ3) is 2.57. The average molecular weight is 321 g/mol. The van der Waals surface area contributed by atoms with Crippen LogP contribution in [0.5, 0.6) is 0 Å². The second kappa shape index (κ2) is 5.54. The summed E-state index contributed by atoms with van der Waals surface area (Å²) in [7, 11) is 0. The quantitative estimate of drug-likeness (QED) is 0.795. The second-order valence-corrected chi connectivity index (χ2v) is 5.54. The number of pyridine rings is 1. The predicted molar refractivity (Wildman–Crippen MR) is 86.9 cm³/mol. The molecule has 0 unspecified atom stereocenters. The summed E-state index contributed by atoms with van der Waals surface area (Å²) in [5.74, 6) is 1.20. The lowest BCUT2D eigenvalue weighted by molar-refractivity contribution is 0.729. The number of rotatable bonds is 3. The van der Waals surface area contributed by atoms with Gasteiger partial charge in [0, 0.05) is 13.0 Å². The molecule has 0 spiro atoms. The van der Waals surface area contributed by atoms with E-state index in [-0.39, 0.29) is 5.82 Å². The summed E-state index contributed by atoms with van der Waals surface area (Å²) >= 11 is 12.1. The number of aromatic nitrogens is 3. The van der Waals surface area contributed by atoms with Crippen LogP contribution in [0.1, 0.15) is 18.4 Å². The molecule has 21 heavy (non-hydrogen) atoms. The van der Waals surface area contributed by atoms with Crippen LogP contribution in [0.15, 0.2) is 30.3 Å². The van der Waals surface area contributed by atoms with Crippen molar-refractivity contribution in [1.82, 2.24) is 14.5 Å². The Kier molecular flexibility index (Phi) is 3.74. The number of hydrogen-bond acceptors (Lipinski definition) is 3. The molecule has 0 aliphatic carbocycles. The van der Waals surface area contributed by atoms with Gasteiger partial charge in [0.2, 0.25) is 0 Å². The van der Waals surface area contributed by atoms with E-state index in [1.165, 1.54) is 0 Å². The van der Waals surface area contributed by atoms with Crippen LogP contribution in [-0.4, -0.2) is 14.5 Å². The Hall–Kier alpha value is -1.78. The normalized spacial score (nSPS) is 11.2. The lowest BCUT2D eigenvalue weighted by Crippen LogP contribution is -2.05. The number of nitrogen functional groups attached to an aromatic ring is 1. The molecule has 2 N–H and O–H groups in total. The zero-order chi connectivity index (χ0) is 15.0. The van der Waals surface area contributed by atoms with Crippen LogP contribution in [0.4, 0.5) is 5.82 Å². The molecular weight excluding hydrogens is 307 g/mol. The van der Waals surface area contributed by atoms with Gasteiger partial charge in [-0.2, -0.15) is 0 Å². The molecule has 4 nitrogen and oxygen atoms in total. The number of para-hydroxylation sites is 2. The molecule has 0 aliphatic heterocycles. The number of anilines is 1. The Morgan fingerprint density at radius 3 is 2.67 bits per heavy atom. The monoisotopic (exact) mass is 320 g/mol. The molecule has 0 aliphatic rings. The zero-order valence-corrected chi connectivity index (χ0v) is 13.0. The van der Waals surface area contributed by atoms with Crippen molar-refractivity contribution in [2.45, 2.75) is 19.9 Å². The van der Waals surface area contributed by atoms with Gasteiger partial charge in [0.1, 0.15) is 11.6 Å². The number of nitrogens with two attached hydrogens (primary N) is 1. The molecule has 0 amide bonds. The van der Waals surface area contributed by atoms with Crippen molar-refractivity contribution in [2.24, 2.45) is 0 Å². The Balaban J connectivity index is 2.08. The van der Waals surface area contributed by atoms with E-state index >= 15 is 0 Å². The summed E-state index contributed by atoms with van der Waals surface area (Å²) in [6.07, 6.45) is 0.517. The van der Waals surface area contributed by atoms with E-state index in [0.29, 0.717) is 22.2 Å². The van der Waals surface area contributed by atoms with Gasteiger partial charge in [-0.25, -0.2) is 9.97 Å². The highest BCUT2D eigenvalue weighted by atomic mass is 35.5. The minimum Gasteiger partial charge on any atom is -0.382 e. The molecule has 0 bridgehead atoms. The highest BCUT2D eigenvalue weighted by Crippen LogP contribution is 2.26. The molecule has 0 radical (unpaired) electrons. The summed E-state index contributed by atoms with van der Waals surface area (Å²) in [6, 6.07) is 9.66. The molecule has 2 heterocycles. The Morgan fingerprint density at radius 2 is 1.90 bits per heavy atom. The number of imidazole rings is 1. The van der Waals surface area contributed by atoms with Crippen molar-refractivity contribution in [3.8, 4) is 0 Å². The summed E-state index contributed by atoms with van der Waals surface area (Å²) in [5.41, 5.74) is 8.51. The number of benzene rings is 1. The molecule has 2 aromatic heterocycles. The summed E-state index contributed by atoms with van der Waals surface area (Å²) < 4.78 is 2.15. The predicted octanol–water partition coefficient (Wildman–Crippen LogP) is 3.93. The van der Waals surface area contributed by atoms with Gasteiger partial charge in [0.05, 0.1) is 26.8 Å². The van der Waals surface area contributed by atoms with Crippen molar-refractivity contribution in [2.75, 3.05) is 5.73 Å². The molecule has 1 aromatic carbocycles. The first-order chi connectivity index (χ1) is 10.1. The number of fused-ring (bicyclic) bond motifs is 1. The zero-order valence-electron chi connectivity index (χ0n) is 11.5. The maximum atomic E-state index is 6.21. The lowest BCUT2D eigenvalue weighted by Gasteiger charge is -2.08. The standard InChI is InChI=1S/C15H14Cl2N4/c1-2-21-13-6-4-3-5-11(13)19-14(21)8-12-9(16)7-10(17)15(18)20-12/h3-7H,2,8H2,1H3,(H2,18,20). The van der Waals surface area contributed by atoms with Gasteiger partial charge in [-0.3, -0.25) is 0 Å². The van der Waals surface area contributed by atoms with Gasteiger partial charge in [-0.1, -0.05) is 35.3 Å². The van der Waals surface area contributed by atoms with Gasteiger partial charge in [-0.05, 0) is 25.1 Å². The average Bonchev–Trinajstić information content (AvgIpc) is 2.81. The van der Waals surface area contributed by atoms with Crippen molar-refractivity contribution in [3.05, 3.63) is 51.9 Å². The third-order valence-corrected chi connectivity index (χ3v) is 4.03. The highest BCUT2D eigenvalue weighted by molar-refractivity contribution is 6.36. The lowest BCUT2D eigenvalue weighted by atomic mass is 10.2. The third-order valence-electron chi connectivity index (χ3n) is 3.40. The van der Waals surface area contributed by atoms with E-state index in [0.717, 1.165) is 23.4 Å². The van der Waals surface area contributed by atoms with Gasteiger partial charge in [-0.15, -0.1) is 0 Å². The van der Waals surface area contributed by atoms with Gasteiger partial charge in [0.15, 0.2) is 0 Å². The van der Waals surface area contributed by atoms with Crippen molar-refractivity contribution in [3.63, 3.8) is 0 Å². The van der Waals surface area contributed by atoms with E-state index in [4.69, 9.17) is 28.9 Å². The maximum absolute atomic E-state index is 6.21. The summed E-state index contributed by atoms with van der Waals surface area (Å²) in [6.45, 7) is 2.92. The fraction of sp³-hybridized carbons (Fsp3) is 0.200. The molecule has 3 aromatic rings. The topological polar surface area (TPSA) is 56.7 Å². The Morgan fingerprint density at radius 1 is 1.14 bits per heavy atom. The van der Waals surface area contributed by atoms with Crippen molar-refractivity contribution < 1.29 is 0 Å². The van der Waals surface area contributed by atoms with Crippen LogP contribution in [0.2, 0.25) is 10.0 Å². The van der Waals surface area contributed by atoms with Crippen LogP contribution in [-0.2, 0) is 13.0 Å². The second-order valence-electron chi connectivity index (χ2n) is 4.72. The Labute approximate surface area is 132 Å². The molecular formula is C15H14Cl2N4. The van der Waals surface area contributed by atoms with E-state index in [1.807, 2.05) is 18.2 Å². The van der Waals surface area contributed by atoms with Crippen LogP contribution < -0.4 is 5.73 Å². The molecule has 0 saturated carbocycles. The van der Waals surface area contributed by atoms with Crippen LogP contribution >= 0.6 is 23.2 Å².